The van der Waals surface area contributed by atoms with Gasteiger partial charge in [0.15, 0.2) is 0 Å². The number of carbonyl (C=O) groups is 1. The first-order valence-electron chi connectivity index (χ1n) is 8.30. The maximum atomic E-state index is 12.2. The second-order valence-corrected chi connectivity index (χ2v) is 8.18. The third-order valence-electron chi connectivity index (χ3n) is 3.88. The maximum Gasteiger partial charge on any atom is 0.410 e. The number of hydrogen-bond acceptors (Lipinski definition) is 3. The van der Waals surface area contributed by atoms with Crippen molar-refractivity contribution in [3.05, 3.63) is 0 Å². The lowest BCUT2D eigenvalue weighted by atomic mass is 9.82. The summed E-state index contributed by atoms with van der Waals surface area (Å²) >= 11 is 0. The summed E-state index contributed by atoms with van der Waals surface area (Å²) in [5, 5.41) is 3.56. The number of carbonyl (C=O) groups excluding carboxylic acids is 1. The van der Waals surface area contributed by atoms with E-state index >= 15 is 0 Å². The van der Waals surface area contributed by atoms with Crippen LogP contribution in [0.25, 0.3) is 0 Å². The summed E-state index contributed by atoms with van der Waals surface area (Å²) in [5.41, 5.74) is -0.257. The highest BCUT2D eigenvalue weighted by atomic mass is 16.6. The summed E-state index contributed by atoms with van der Waals surface area (Å²) in [6.45, 7) is 16.1. The largest absolute Gasteiger partial charge is 0.444 e. The highest BCUT2D eigenvalue weighted by molar-refractivity contribution is 5.68. The number of ether oxygens (including phenoxy) is 1. The van der Waals surface area contributed by atoms with Gasteiger partial charge in [0.1, 0.15) is 5.60 Å². The zero-order valence-electron chi connectivity index (χ0n) is 14.8. The van der Waals surface area contributed by atoms with Crippen molar-refractivity contribution in [1.82, 2.24) is 10.2 Å². The van der Waals surface area contributed by atoms with Crippen molar-refractivity contribution >= 4 is 6.09 Å². The zero-order chi connectivity index (χ0) is 16.1. The van der Waals surface area contributed by atoms with Crippen LogP contribution >= 0.6 is 0 Å². The molecule has 0 aromatic rings. The van der Waals surface area contributed by atoms with E-state index in [1.807, 2.05) is 25.7 Å². The summed E-state index contributed by atoms with van der Waals surface area (Å²) in [7, 11) is 0. The summed E-state index contributed by atoms with van der Waals surface area (Å²) < 4.78 is 5.49. The Kier molecular flexibility index (Phi) is 6.51. The van der Waals surface area contributed by atoms with Crippen LogP contribution in [-0.2, 0) is 4.74 Å². The van der Waals surface area contributed by atoms with E-state index in [2.05, 4.69) is 26.1 Å². The number of rotatable bonds is 5. The van der Waals surface area contributed by atoms with E-state index in [9.17, 15) is 4.79 Å². The Morgan fingerprint density at radius 3 is 2.62 bits per heavy atom. The Balaban J connectivity index is 2.44. The van der Waals surface area contributed by atoms with Gasteiger partial charge >= 0.3 is 6.09 Å². The summed E-state index contributed by atoms with van der Waals surface area (Å²) in [6, 6.07) is 0. The summed E-state index contributed by atoms with van der Waals surface area (Å²) in [5.74, 6) is 0.731. The maximum absolute atomic E-state index is 12.2. The van der Waals surface area contributed by atoms with Gasteiger partial charge in [-0.3, -0.25) is 0 Å². The van der Waals surface area contributed by atoms with Gasteiger partial charge in [0, 0.05) is 19.6 Å². The van der Waals surface area contributed by atoms with Gasteiger partial charge in [-0.1, -0.05) is 20.8 Å². The Labute approximate surface area is 130 Å². The number of nitrogens with one attached hydrogen (secondary N) is 1. The minimum Gasteiger partial charge on any atom is -0.444 e. The minimum absolute atomic E-state index is 0.159. The van der Waals surface area contributed by atoms with E-state index in [0.29, 0.717) is 0 Å². The Hall–Kier alpha value is -0.770. The molecule has 1 heterocycles. The molecule has 124 valence electrons. The molecule has 1 unspecified atom stereocenters. The number of amides is 1. The van der Waals surface area contributed by atoms with Gasteiger partial charge < -0.3 is 15.0 Å². The number of hydrogen-bond donors (Lipinski definition) is 1. The molecule has 0 aliphatic carbocycles. The third kappa shape index (κ3) is 7.16. The molecular formula is C17H34N2O2. The molecule has 0 aromatic carbocycles. The van der Waals surface area contributed by atoms with Crippen LogP contribution in [0.4, 0.5) is 4.79 Å². The van der Waals surface area contributed by atoms with Crippen molar-refractivity contribution in [2.75, 3.05) is 26.2 Å². The van der Waals surface area contributed by atoms with Gasteiger partial charge in [-0.05, 0) is 57.9 Å². The fourth-order valence-corrected chi connectivity index (χ4v) is 2.72. The average molecular weight is 298 g/mol. The average Bonchev–Trinajstić information content (AvgIpc) is 2.32. The highest BCUT2D eigenvalue weighted by Crippen LogP contribution is 2.29. The fourth-order valence-electron chi connectivity index (χ4n) is 2.72. The molecule has 1 amide bonds. The number of nitrogens with zero attached hydrogens (tertiary/aromatic N) is 1. The molecule has 21 heavy (non-hydrogen) atoms. The Morgan fingerprint density at radius 1 is 1.38 bits per heavy atom. The molecule has 1 aliphatic rings. The molecule has 1 rings (SSSR count). The summed E-state index contributed by atoms with van der Waals surface area (Å²) in [4.78, 5) is 14.1. The predicted molar refractivity (Wildman–Crippen MR) is 87.5 cm³/mol. The monoisotopic (exact) mass is 298 g/mol. The molecule has 0 spiro atoms. The zero-order valence-corrected chi connectivity index (χ0v) is 14.8. The van der Waals surface area contributed by atoms with Crippen molar-refractivity contribution in [2.45, 2.75) is 66.4 Å². The molecule has 0 radical (unpaired) electrons. The molecule has 1 saturated heterocycles. The first kappa shape index (κ1) is 18.3. The van der Waals surface area contributed by atoms with Gasteiger partial charge in [-0.2, -0.15) is 0 Å². The topological polar surface area (TPSA) is 41.6 Å². The van der Waals surface area contributed by atoms with Gasteiger partial charge in [-0.15, -0.1) is 0 Å². The summed E-state index contributed by atoms with van der Waals surface area (Å²) in [6.07, 6.45) is 3.25. The molecular weight excluding hydrogens is 264 g/mol. The lowest BCUT2D eigenvalue weighted by molar-refractivity contribution is 0.00680. The molecule has 1 N–H and O–H groups in total. The quantitative estimate of drug-likeness (QED) is 0.788. The lowest BCUT2D eigenvalue weighted by Crippen LogP contribution is -2.50. The van der Waals surface area contributed by atoms with E-state index in [1.165, 1.54) is 12.8 Å². The smallest absolute Gasteiger partial charge is 0.410 e. The lowest BCUT2D eigenvalue weighted by Gasteiger charge is -2.41. The normalized spacial score (nSPS) is 23.5. The van der Waals surface area contributed by atoms with Crippen molar-refractivity contribution in [3.63, 3.8) is 0 Å². The Bertz CT molecular complexity index is 336. The van der Waals surface area contributed by atoms with Gasteiger partial charge in [0.05, 0.1) is 0 Å². The number of likely N-dealkylation sites (tertiary alicyclic amines) is 1. The minimum atomic E-state index is -0.416. The van der Waals surface area contributed by atoms with Gasteiger partial charge in [0.25, 0.3) is 0 Å². The van der Waals surface area contributed by atoms with Crippen molar-refractivity contribution in [1.29, 1.82) is 0 Å². The van der Waals surface area contributed by atoms with E-state index in [4.69, 9.17) is 4.74 Å². The molecule has 1 atom stereocenters. The standard InChI is InChI=1S/C17H34N2O2/c1-14(2)8-10-18-12-17(6)9-7-11-19(13-17)15(20)21-16(3,4)5/h14,18H,7-13H2,1-6H3. The second-order valence-electron chi connectivity index (χ2n) is 8.18. The van der Waals surface area contributed by atoms with Gasteiger partial charge in [0.2, 0.25) is 0 Å². The van der Waals surface area contributed by atoms with Crippen molar-refractivity contribution in [2.24, 2.45) is 11.3 Å². The SMILES string of the molecule is CC(C)CCNCC1(C)CCCN(C(=O)OC(C)(C)C)C1. The van der Waals surface area contributed by atoms with Crippen LogP contribution in [-0.4, -0.2) is 42.8 Å². The van der Waals surface area contributed by atoms with Crippen LogP contribution in [0, 0.1) is 11.3 Å². The van der Waals surface area contributed by atoms with E-state index < -0.39 is 5.60 Å². The van der Waals surface area contributed by atoms with E-state index in [-0.39, 0.29) is 11.5 Å². The molecule has 0 bridgehead atoms. The van der Waals surface area contributed by atoms with Crippen LogP contribution in [0.2, 0.25) is 0 Å². The van der Waals surface area contributed by atoms with E-state index in [1.54, 1.807) is 0 Å². The fraction of sp³-hybridized carbons (Fsp3) is 0.941. The van der Waals surface area contributed by atoms with Crippen molar-refractivity contribution < 1.29 is 9.53 Å². The highest BCUT2D eigenvalue weighted by Gasteiger charge is 2.34. The van der Waals surface area contributed by atoms with E-state index in [0.717, 1.165) is 38.5 Å². The van der Waals surface area contributed by atoms with Crippen LogP contribution in [0.5, 0.6) is 0 Å². The number of piperidine rings is 1. The first-order chi connectivity index (χ1) is 9.61. The molecule has 1 fully saturated rings. The predicted octanol–water partition coefficient (Wildman–Crippen LogP) is 3.66. The van der Waals surface area contributed by atoms with Crippen LogP contribution < -0.4 is 5.32 Å². The van der Waals surface area contributed by atoms with Crippen molar-refractivity contribution in [3.8, 4) is 0 Å². The molecule has 4 nitrogen and oxygen atoms in total. The molecule has 0 saturated carbocycles. The first-order valence-corrected chi connectivity index (χ1v) is 8.30. The second kappa shape index (κ2) is 7.48. The van der Waals surface area contributed by atoms with Crippen LogP contribution in [0.3, 0.4) is 0 Å². The van der Waals surface area contributed by atoms with Crippen LogP contribution in [0.15, 0.2) is 0 Å². The molecule has 1 aliphatic heterocycles. The molecule has 0 aromatic heterocycles. The molecule has 4 heteroatoms. The van der Waals surface area contributed by atoms with Gasteiger partial charge in [-0.25, -0.2) is 4.79 Å². The third-order valence-corrected chi connectivity index (χ3v) is 3.88. The van der Waals surface area contributed by atoms with Crippen LogP contribution in [0.1, 0.15) is 60.8 Å². The Morgan fingerprint density at radius 2 is 2.05 bits per heavy atom.